The molecular weight excluding hydrogens is 274 g/mol. The molecule has 0 fully saturated rings. The van der Waals surface area contributed by atoms with Crippen molar-refractivity contribution in [1.29, 1.82) is 0 Å². The van der Waals surface area contributed by atoms with Gasteiger partial charge in [0, 0.05) is 19.6 Å². The fourth-order valence-electron chi connectivity index (χ4n) is 2.09. The second-order valence-electron chi connectivity index (χ2n) is 5.53. The summed E-state index contributed by atoms with van der Waals surface area (Å²) in [7, 11) is 2.02. The normalized spacial score (nSPS) is 11.8. The molecule has 1 aromatic heterocycles. The first-order chi connectivity index (χ1) is 10.6. The first-order valence-corrected chi connectivity index (χ1v) is 7.62. The zero-order valence-corrected chi connectivity index (χ0v) is 13.4. The minimum Gasteiger partial charge on any atom is -0.369 e. The molecule has 0 radical (unpaired) electrons. The van der Waals surface area contributed by atoms with E-state index in [0.29, 0.717) is 5.69 Å². The van der Waals surface area contributed by atoms with Crippen molar-refractivity contribution >= 4 is 11.6 Å². The second kappa shape index (κ2) is 7.59. The largest absolute Gasteiger partial charge is 0.369 e. The van der Waals surface area contributed by atoms with E-state index in [9.17, 15) is 4.79 Å². The number of anilines is 1. The van der Waals surface area contributed by atoms with Crippen LogP contribution in [0, 0.1) is 0 Å². The predicted octanol–water partition coefficient (Wildman–Crippen LogP) is 3.25. The summed E-state index contributed by atoms with van der Waals surface area (Å²) >= 11 is 0. The van der Waals surface area contributed by atoms with E-state index in [1.165, 1.54) is 5.56 Å². The molecule has 2 aromatic rings. The van der Waals surface area contributed by atoms with Crippen molar-refractivity contribution in [3.05, 3.63) is 59.9 Å². The standard InChI is InChI=1S/C18H23N3O/c1-4-14(2)20-18(22)17-11-10-16(12-19-17)21(3)13-15-8-6-5-7-9-15/h5-12,14H,4,13H2,1-3H3,(H,20,22). The average Bonchev–Trinajstić information content (AvgIpc) is 2.55. The van der Waals surface area contributed by atoms with Crippen LogP contribution in [0.3, 0.4) is 0 Å². The summed E-state index contributed by atoms with van der Waals surface area (Å²) in [6.07, 6.45) is 2.65. The molecule has 0 bridgehead atoms. The fraction of sp³-hybridized carbons (Fsp3) is 0.333. The Bertz CT molecular complexity index is 595. The van der Waals surface area contributed by atoms with E-state index in [-0.39, 0.29) is 11.9 Å². The molecule has 0 aliphatic carbocycles. The summed E-state index contributed by atoms with van der Waals surface area (Å²) in [5.41, 5.74) is 2.68. The van der Waals surface area contributed by atoms with Gasteiger partial charge >= 0.3 is 0 Å². The van der Waals surface area contributed by atoms with Crippen LogP contribution in [-0.2, 0) is 6.54 Å². The molecule has 1 aromatic carbocycles. The Kier molecular flexibility index (Phi) is 5.53. The van der Waals surface area contributed by atoms with E-state index in [1.54, 1.807) is 12.3 Å². The van der Waals surface area contributed by atoms with Gasteiger partial charge in [-0.05, 0) is 31.0 Å². The van der Waals surface area contributed by atoms with Crippen LogP contribution in [0.25, 0.3) is 0 Å². The molecule has 1 N–H and O–H groups in total. The molecule has 0 aliphatic rings. The summed E-state index contributed by atoms with van der Waals surface area (Å²) in [5.74, 6) is -0.119. The second-order valence-corrected chi connectivity index (χ2v) is 5.53. The Morgan fingerprint density at radius 3 is 2.55 bits per heavy atom. The first kappa shape index (κ1) is 16.0. The van der Waals surface area contributed by atoms with Gasteiger partial charge in [-0.3, -0.25) is 4.79 Å². The van der Waals surface area contributed by atoms with Crippen LogP contribution in [0.2, 0.25) is 0 Å². The van der Waals surface area contributed by atoms with Gasteiger partial charge < -0.3 is 10.2 Å². The Labute approximate surface area is 132 Å². The third-order valence-corrected chi connectivity index (χ3v) is 3.67. The van der Waals surface area contributed by atoms with E-state index in [4.69, 9.17) is 0 Å². The van der Waals surface area contributed by atoms with Gasteiger partial charge in [0.15, 0.2) is 0 Å². The molecule has 1 unspecified atom stereocenters. The number of hydrogen-bond acceptors (Lipinski definition) is 3. The lowest BCUT2D eigenvalue weighted by atomic mass is 10.2. The van der Waals surface area contributed by atoms with Gasteiger partial charge in [-0.15, -0.1) is 0 Å². The molecule has 0 spiro atoms. The van der Waals surface area contributed by atoms with Crippen LogP contribution in [-0.4, -0.2) is 24.0 Å². The van der Waals surface area contributed by atoms with E-state index < -0.39 is 0 Å². The summed E-state index contributed by atoms with van der Waals surface area (Å²) in [5, 5.41) is 2.92. The molecule has 0 aliphatic heterocycles. The quantitative estimate of drug-likeness (QED) is 0.890. The molecule has 1 heterocycles. The number of nitrogens with zero attached hydrogens (tertiary/aromatic N) is 2. The first-order valence-electron chi connectivity index (χ1n) is 7.62. The van der Waals surface area contributed by atoms with Crippen molar-refractivity contribution in [2.24, 2.45) is 0 Å². The predicted molar refractivity (Wildman–Crippen MR) is 90.0 cm³/mol. The molecule has 116 valence electrons. The van der Waals surface area contributed by atoms with Gasteiger partial charge in [0.25, 0.3) is 5.91 Å². The summed E-state index contributed by atoms with van der Waals surface area (Å²) < 4.78 is 0. The molecule has 0 saturated heterocycles. The van der Waals surface area contributed by atoms with Crippen molar-refractivity contribution in [3.8, 4) is 0 Å². The van der Waals surface area contributed by atoms with Gasteiger partial charge in [0.2, 0.25) is 0 Å². The maximum absolute atomic E-state index is 12.0. The van der Waals surface area contributed by atoms with Crippen LogP contribution in [0.1, 0.15) is 36.3 Å². The number of benzene rings is 1. The lowest BCUT2D eigenvalue weighted by Crippen LogP contribution is -2.32. The Hall–Kier alpha value is -2.36. The van der Waals surface area contributed by atoms with E-state index in [2.05, 4.69) is 27.3 Å². The highest BCUT2D eigenvalue weighted by Gasteiger charge is 2.10. The van der Waals surface area contributed by atoms with Crippen molar-refractivity contribution in [2.45, 2.75) is 32.9 Å². The van der Waals surface area contributed by atoms with Crippen LogP contribution in [0.15, 0.2) is 48.7 Å². The highest BCUT2D eigenvalue weighted by Crippen LogP contribution is 2.14. The van der Waals surface area contributed by atoms with Crippen molar-refractivity contribution in [1.82, 2.24) is 10.3 Å². The molecule has 1 atom stereocenters. The molecule has 1 amide bonds. The van der Waals surface area contributed by atoms with Crippen LogP contribution < -0.4 is 10.2 Å². The third kappa shape index (κ3) is 4.32. The highest BCUT2D eigenvalue weighted by molar-refractivity contribution is 5.92. The minimum absolute atomic E-state index is 0.119. The maximum atomic E-state index is 12.0. The number of rotatable bonds is 6. The summed E-state index contributed by atoms with van der Waals surface area (Å²) in [4.78, 5) is 18.4. The lowest BCUT2D eigenvalue weighted by molar-refractivity contribution is 0.0934. The SMILES string of the molecule is CCC(C)NC(=O)c1ccc(N(C)Cc2ccccc2)cn1. The Balaban J connectivity index is 2.00. The van der Waals surface area contributed by atoms with Gasteiger partial charge in [0.05, 0.1) is 11.9 Å². The van der Waals surface area contributed by atoms with Crippen LogP contribution >= 0.6 is 0 Å². The monoisotopic (exact) mass is 297 g/mol. The van der Waals surface area contributed by atoms with Crippen LogP contribution in [0.5, 0.6) is 0 Å². The molecule has 22 heavy (non-hydrogen) atoms. The zero-order valence-electron chi connectivity index (χ0n) is 13.4. The molecule has 2 rings (SSSR count). The van der Waals surface area contributed by atoms with Gasteiger partial charge in [-0.2, -0.15) is 0 Å². The number of amides is 1. The number of nitrogens with one attached hydrogen (secondary N) is 1. The number of aromatic nitrogens is 1. The van der Waals surface area contributed by atoms with Gasteiger partial charge in [-0.25, -0.2) is 4.98 Å². The van der Waals surface area contributed by atoms with E-state index in [0.717, 1.165) is 18.7 Å². The molecule has 4 nitrogen and oxygen atoms in total. The lowest BCUT2D eigenvalue weighted by Gasteiger charge is -2.19. The molecular formula is C18H23N3O. The zero-order chi connectivity index (χ0) is 15.9. The topological polar surface area (TPSA) is 45.2 Å². The molecule has 0 saturated carbocycles. The van der Waals surface area contributed by atoms with Gasteiger partial charge in [-0.1, -0.05) is 37.3 Å². The average molecular weight is 297 g/mol. The fourth-order valence-corrected chi connectivity index (χ4v) is 2.09. The number of carbonyl (C=O) groups is 1. The maximum Gasteiger partial charge on any atom is 0.270 e. The van der Waals surface area contributed by atoms with E-state index in [1.807, 2.05) is 45.2 Å². The third-order valence-electron chi connectivity index (χ3n) is 3.67. The van der Waals surface area contributed by atoms with Crippen molar-refractivity contribution in [3.63, 3.8) is 0 Å². The number of pyridine rings is 1. The Morgan fingerprint density at radius 2 is 1.95 bits per heavy atom. The highest BCUT2D eigenvalue weighted by atomic mass is 16.1. The number of carbonyl (C=O) groups excluding carboxylic acids is 1. The van der Waals surface area contributed by atoms with Crippen LogP contribution in [0.4, 0.5) is 5.69 Å². The minimum atomic E-state index is -0.119. The molecule has 4 heteroatoms. The number of hydrogen-bond donors (Lipinski definition) is 1. The smallest absolute Gasteiger partial charge is 0.270 e. The van der Waals surface area contributed by atoms with E-state index >= 15 is 0 Å². The van der Waals surface area contributed by atoms with Crippen molar-refractivity contribution < 1.29 is 4.79 Å². The summed E-state index contributed by atoms with van der Waals surface area (Å²) in [6, 6.07) is 14.1. The van der Waals surface area contributed by atoms with Gasteiger partial charge in [0.1, 0.15) is 5.69 Å². The summed E-state index contributed by atoms with van der Waals surface area (Å²) in [6.45, 7) is 4.83. The Morgan fingerprint density at radius 1 is 1.23 bits per heavy atom. The van der Waals surface area contributed by atoms with Crippen molar-refractivity contribution in [2.75, 3.05) is 11.9 Å².